The van der Waals surface area contributed by atoms with Crippen LogP contribution in [0.5, 0.6) is 0 Å². The Hall–Kier alpha value is -6.29. The number of anilines is 6. The first kappa shape index (κ1) is 36.1. The van der Waals surface area contributed by atoms with Crippen LogP contribution >= 0.6 is 0 Å². The Labute approximate surface area is 354 Å². The van der Waals surface area contributed by atoms with Crippen LogP contribution in [0.1, 0.15) is 26.3 Å². The van der Waals surface area contributed by atoms with E-state index in [1.807, 2.05) is 12.4 Å². The van der Waals surface area contributed by atoms with E-state index < -0.39 is 0 Å². The number of hydrogen-bond acceptors (Lipinski definition) is 4. The third-order valence-electron chi connectivity index (χ3n) is 11.6. The van der Waals surface area contributed by atoms with Crippen molar-refractivity contribution in [3.8, 4) is 22.5 Å². The molecule has 11 rings (SSSR count). The summed E-state index contributed by atoms with van der Waals surface area (Å²) in [4.78, 5) is 14.8. The Kier molecular flexibility index (Phi) is 8.69. The first-order valence-corrected chi connectivity index (χ1v) is 19.6. The summed E-state index contributed by atoms with van der Waals surface area (Å²) >= 11 is 0. The fourth-order valence-electron chi connectivity index (χ4n) is 8.91. The van der Waals surface area contributed by atoms with E-state index >= 15 is 0 Å². The van der Waals surface area contributed by atoms with Crippen LogP contribution in [0.3, 0.4) is 0 Å². The standard InChI is InChI=1S/C52H37BN4.Pt/c1-52(2,3)38-32-47-49-48(33-38)57(40-18-8-5-9-19-40)46-25-23-37(51-42-21-13-11-15-35(42)27-29-55-51)31-44(46)53(49)43-30-36(50-41-20-12-10-14-34(41)26-28-54-50)22-24-45(43)56(47)39-16-6-4-7-17-39;/h4-29,32-33H,1-3H3;/q-2;+2. The van der Waals surface area contributed by atoms with E-state index in [2.05, 4.69) is 200 Å². The van der Waals surface area contributed by atoms with Crippen molar-refractivity contribution in [1.29, 1.82) is 0 Å². The summed E-state index contributed by atoms with van der Waals surface area (Å²) in [7, 11) is 0. The quantitative estimate of drug-likeness (QED) is 0.130. The van der Waals surface area contributed by atoms with Crippen LogP contribution < -0.4 is 26.2 Å². The normalized spacial score (nSPS) is 12.8. The Bertz CT molecular complexity index is 2830. The number of para-hydroxylation sites is 2. The van der Waals surface area contributed by atoms with Crippen molar-refractivity contribution in [2.45, 2.75) is 26.2 Å². The summed E-state index contributed by atoms with van der Waals surface area (Å²) in [5, 5.41) is 4.53. The molecule has 278 valence electrons. The minimum Gasteiger partial charge on any atom is -0.352 e. The van der Waals surface area contributed by atoms with Crippen molar-refractivity contribution in [2.24, 2.45) is 0 Å². The molecule has 0 N–H and O–H groups in total. The van der Waals surface area contributed by atoms with Gasteiger partial charge in [-0.25, -0.2) is 0 Å². The van der Waals surface area contributed by atoms with Crippen molar-refractivity contribution in [2.75, 3.05) is 9.80 Å². The van der Waals surface area contributed by atoms with Crippen LogP contribution in [0.4, 0.5) is 34.1 Å². The molecule has 58 heavy (non-hydrogen) atoms. The van der Waals surface area contributed by atoms with Gasteiger partial charge in [-0.2, -0.15) is 0 Å². The molecule has 0 spiro atoms. The van der Waals surface area contributed by atoms with Gasteiger partial charge in [0.1, 0.15) is 0 Å². The number of fused-ring (bicyclic) bond motifs is 6. The number of hydrogen-bond donors (Lipinski definition) is 0. The van der Waals surface area contributed by atoms with Crippen molar-refractivity contribution in [1.82, 2.24) is 9.97 Å². The molecule has 0 unspecified atom stereocenters. The molecule has 9 aromatic rings. The van der Waals surface area contributed by atoms with E-state index in [0.717, 1.165) is 77.7 Å². The zero-order chi connectivity index (χ0) is 38.3. The molecule has 4 nitrogen and oxygen atoms in total. The minimum atomic E-state index is -0.182. The van der Waals surface area contributed by atoms with Crippen molar-refractivity contribution in [3.05, 3.63) is 188 Å². The zero-order valence-corrected chi connectivity index (χ0v) is 34.6. The topological polar surface area (TPSA) is 32.3 Å². The molecule has 0 bridgehead atoms. The van der Waals surface area contributed by atoms with Crippen LogP contribution in [0, 0.1) is 12.1 Å². The summed E-state index contributed by atoms with van der Waals surface area (Å²) in [6.07, 6.45) is 3.82. The van der Waals surface area contributed by atoms with Gasteiger partial charge in [0.15, 0.2) is 0 Å². The van der Waals surface area contributed by atoms with Crippen LogP contribution in [0.25, 0.3) is 44.1 Å². The molecule has 6 heteroatoms. The second-order valence-electron chi connectivity index (χ2n) is 16.1. The molecule has 0 saturated heterocycles. The van der Waals surface area contributed by atoms with Crippen molar-refractivity contribution >= 4 is 78.8 Å². The smallest absolute Gasteiger partial charge is 0.352 e. The van der Waals surface area contributed by atoms with Gasteiger partial charge in [0.05, 0.1) is 0 Å². The van der Waals surface area contributed by atoms with E-state index in [1.165, 1.54) is 22.4 Å². The maximum atomic E-state index is 4.98. The molecule has 0 saturated carbocycles. The van der Waals surface area contributed by atoms with E-state index in [0.29, 0.717) is 0 Å². The molecular formula is C52H37BN4Pt. The molecule has 7 aromatic carbocycles. The molecule has 0 radical (unpaired) electrons. The number of benzene rings is 7. The number of pyridine rings is 2. The van der Waals surface area contributed by atoms with Gasteiger partial charge in [0, 0.05) is 35.1 Å². The predicted molar refractivity (Wildman–Crippen MR) is 238 cm³/mol. The van der Waals surface area contributed by atoms with E-state index in [1.54, 1.807) is 0 Å². The van der Waals surface area contributed by atoms with Gasteiger partial charge in [0.2, 0.25) is 6.71 Å². The number of nitrogens with zero attached hydrogens (tertiary/aromatic N) is 4. The second kappa shape index (κ2) is 14.0. The van der Waals surface area contributed by atoms with Gasteiger partial charge < -0.3 is 19.8 Å². The molecule has 0 aliphatic carbocycles. The molecule has 0 fully saturated rings. The molecule has 2 aromatic heterocycles. The monoisotopic (exact) mass is 923 g/mol. The van der Waals surface area contributed by atoms with Gasteiger partial charge in [-0.15, -0.1) is 58.5 Å². The third kappa shape index (κ3) is 5.71. The average molecular weight is 924 g/mol. The molecular weight excluding hydrogens is 886 g/mol. The summed E-state index contributed by atoms with van der Waals surface area (Å²) in [5.74, 6) is 0. The fraction of sp³-hybridized carbons (Fsp3) is 0.0769. The van der Waals surface area contributed by atoms with E-state index in [4.69, 9.17) is 9.97 Å². The maximum Gasteiger partial charge on any atom is 2.00 e. The summed E-state index contributed by atoms with van der Waals surface area (Å²) in [6.45, 7) is 6.74. The molecule has 2 aliphatic rings. The third-order valence-corrected chi connectivity index (χ3v) is 11.6. The second-order valence-corrected chi connectivity index (χ2v) is 16.1. The van der Waals surface area contributed by atoms with Crippen LogP contribution in [0.15, 0.2) is 170 Å². The Morgan fingerprint density at radius 2 is 0.914 bits per heavy atom. The first-order valence-electron chi connectivity index (χ1n) is 19.6. The molecule has 4 heterocycles. The summed E-state index contributed by atoms with van der Waals surface area (Å²) in [5.41, 5.74) is 15.1. The van der Waals surface area contributed by atoms with Gasteiger partial charge in [0.25, 0.3) is 0 Å². The van der Waals surface area contributed by atoms with E-state index in [9.17, 15) is 0 Å². The SMILES string of the molecule is CC(C)(C)c1cc2c3c(c1)N(c1ccccc1)c1ccc(-c4nccc5ccccc45)[c-]c1B3c1[c-]c(-c3nccc4ccccc34)ccc1N2c1ccccc1.[Pt+2]. The van der Waals surface area contributed by atoms with Gasteiger partial charge in [-0.3, -0.25) is 0 Å². The first-order chi connectivity index (χ1) is 27.9. The van der Waals surface area contributed by atoms with Gasteiger partial charge in [-0.1, -0.05) is 106 Å². The minimum absolute atomic E-state index is 0. The summed E-state index contributed by atoms with van der Waals surface area (Å²) in [6, 6.07) is 64.6. The Balaban J connectivity index is 0.00000408. The Morgan fingerprint density at radius 3 is 1.36 bits per heavy atom. The van der Waals surface area contributed by atoms with Crippen molar-refractivity contribution in [3.63, 3.8) is 0 Å². The maximum absolute atomic E-state index is 4.98. The van der Waals surface area contributed by atoms with E-state index in [-0.39, 0.29) is 33.2 Å². The van der Waals surface area contributed by atoms with Crippen molar-refractivity contribution < 1.29 is 21.1 Å². The molecule has 2 aliphatic heterocycles. The fourth-order valence-corrected chi connectivity index (χ4v) is 8.91. The number of aromatic nitrogens is 2. The number of rotatable bonds is 4. The average Bonchev–Trinajstić information content (AvgIpc) is 3.25. The molecule has 0 amide bonds. The van der Waals surface area contributed by atoms with Crippen LogP contribution in [-0.4, -0.2) is 16.7 Å². The summed E-state index contributed by atoms with van der Waals surface area (Å²) < 4.78 is 0. The Morgan fingerprint density at radius 1 is 0.483 bits per heavy atom. The molecule has 0 atom stereocenters. The van der Waals surface area contributed by atoms with Gasteiger partial charge >= 0.3 is 21.1 Å². The van der Waals surface area contributed by atoms with Crippen LogP contribution in [-0.2, 0) is 26.5 Å². The zero-order valence-electron chi connectivity index (χ0n) is 32.3. The van der Waals surface area contributed by atoms with Gasteiger partial charge in [-0.05, 0) is 109 Å². The largest absolute Gasteiger partial charge is 2.00 e. The predicted octanol–water partition coefficient (Wildman–Crippen LogP) is 11.1. The van der Waals surface area contributed by atoms with Crippen LogP contribution in [0.2, 0.25) is 0 Å².